The number of methoxy groups -OCH3 is 1. The lowest BCUT2D eigenvalue weighted by molar-refractivity contribution is 0.244. The molecule has 0 unspecified atom stereocenters. The second kappa shape index (κ2) is 20.8. The zero-order chi connectivity index (χ0) is 52.7. The fourth-order valence-corrected chi connectivity index (χ4v) is 12.2. The van der Waals surface area contributed by atoms with Crippen LogP contribution in [-0.2, 0) is 30.4 Å². The highest BCUT2D eigenvalue weighted by Gasteiger charge is 2.30. The van der Waals surface area contributed by atoms with E-state index in [0.717, 1.165) is 81.5 Å². The van der Waals surface area contributed by atoms with Crippen molar-refractivity contribution < 1.29 is 52.9 Å². The Hall–Kier alpha value is -6.49. The number of urea groups is 1. The van der Waals surface area contributed by atoms with Gasteiger partial charge in [-0.3, -0.25) is 13.7 Å². The van der Waals surface area contributed by atoms with Gasteiger partial charge in [0.2, 0.25) is 0 Å². The molecule has 0 bridgehead atoms. The summed E-state index contributed by atoms with van der Waals surface area (Å²) in [4.78, 5) is 16.1. The number of nitrogens with one attached hydrogen (secondary N) is 5. The van der Waals surface area contributed by atoms with Crippen LogP contribution in [0.1, 0.15) is 92.0 Å². The van der Waals surface area contributed by atoms with Gasteiger partial charge in [0.15, 0.2) is 0 Å². The van der Waals surface area contributed by atoms with Crippen molar-refractivity contribution in [1.29, 1.82) is 0 Å². The summed E-state index contributed by atoms with van der Waals surface area (Å²) in [6.45, 7) is 13.0. The van der Waals surface area contributed by atoms with Gasteiger partial charge < -0.3 is 35.7 Å². The zero-order valence-corrected chi connectivity index (χ0v) is 43.8. The number of amides is 2. The van der Waals surface area contributed by atoms with Crippen LogP contribution in [0.25, 0.3) is 33.4 Å². The summed E-state index contributed by atoms with van der Waals surface area (Å²) < 4.78 is 125. The number of ether oxygens (including phenoxy) is 1. The number of benzene rings is 5. The molecule has 3 aliphatic carbocycles. The highest BCUT2D eigenvalue weighted by Crippen LogP contribution is 2.46. The summed E-state index contributed by atoms with van der Waals surface area (Å²) in [6, 6.07) is 13.1. The number of nitrogens with zero attached hydrogens (tertiary/aromatic N) is 1. The quantitative estimate of drug-likeness (QED) is 0.0372. The maximum Gasteiger partial charge on any atom is 0.319 e. The Balaban J connectivity index is 1.36. The molecule has 4 aromatic carbocycles. The fraction of sp³-hybridized carbons (Fsp3) is 0.346. The SMILES string of the molecule is C=C(Nc1c(OC)cc(C)c(N=c2cc3oc4cc(Nc5c(C)cc(C)c(NC(=O)NC6CCCCC6)c5C)c(S(=O)(=O)O)cc4c(-c4ccccc4S(=O)(=O)O)c-3cc2S(=O)(=O)O)c1C)NC1CCCCC1. The Bertz CT molecular complexity index is 3580. The van der Waals surface area contributed by atoms with Crippen LogP contribution in [0.2, 0.25) is 0 Å². The van der Waals surface area contributed by atoms with Gasteiger partial charge in [-0.2, -0.15) is 25.3 Å². The summed E-state index contributed by atoms with van der Waals surface area (Å²) in [6.07, 6.45) is 10.2. The third-order valence-corrected chi connectivity index (χ3v) is 16.4. The van der Waals surface area contributed by atoms with Gasteiger partial charge in [0.25, 0.3) is 30.4 Å². The van der Waals surface area contributed by atoms with E-state index < -0.39 is 51.1 Å². The van der Waals surface area contributed by atoms with E-state index in [1.165, 1.54) is 43.9 Å². The van der Waals surface area contributed by atoms with Crippen LogP contribution in [0.15, 0.2) is 97.2 Å². The van der Waals surface area contributed by atoms with E-state index in [1.807, 2.05) is 6.92 Å². The molecule has 73 heavy (non-hydrogen) atoms. The standard InChI is InChI=1S/C52H60N6O12S3/c1-28-22-29(2)50(58-52(59)55-35-18-12-9-13-19-35)31(4)48(28)56-39-26-41-37(24-45(39)72(63,64)65)47(36-20-14-15-21-44(36)71(60,61)62)38-25-46(73(66,67)68)40(27-42(38)70-41)57-49-30(3)23-43(69-7)51(32(49)5)54-33(6)53-34-16-10-8-11-17-34/h14-15,20-27,34-35,53-54,56H,6,8-13,16-19H2,1-5,7H3,(H2,55,58,59)(H,60,61,62)(H,63,64,65)(H,66,67,68). The predicted molar refractivity (Wildman–Crippen MR) is 281 cm³/mol. The second-order valence-corrected chi connectivity index (χ2v) is 23.1. The molecule has 0 radical (unpaired) electrons. The molecule has 4 aromatic rings. The van der Waals surface area contributed by atoms with Gasteiger partial charge in [0, 0.05) is 57.5 Å². The van der Waals surface area contributed by atoms with Crippen molar-refractivity contribution in [3.63, 3.8) is 0 Å². The number of carbonyl (C=O) groups excluding carboxylic acids is 1. The first kappa shape index (κ1) is 52.8. The molecular formula is C52H60N6O12S3. The van der Waals surface area contributed by atoms with Crippen molar-refractivity contribution in [1.82, 2.24) is 10.6 Å². The average Bonchev–Trinajstić information content (AvgIpc) is 3.32. The topological polar surface area (TPSA) is 275 Å². The van der Waals surface area contributed by atoms with E-state index in [9.17, 15) is 43.7 Å². The molecule has 1 heterocycles. The summed E-state index contributed by atoms with van der Waals surface area (Å²) in [5.74, 6) is 0.855. The van der Waals surface area contributed by atoms with E-state index in [1.54, 1.807) is 39.8 Å². The normalized spacial score (nSPS) is 15.3. The number of hydrogen-bond acceptors (Lipinski definition) is 13. The van der Waals surface area contributed by atoms with Gasteiger partial charge in [-0.05, 0) is 107 Å². The highest BCUT2D eigenvalue weighted by atomic mass is 32.2. The molecule has 2 amide bonds. The lowest BCUT2D eigenvalue weighted by Gasteiger charge is -2.26. The molecule has 0 aromatic heterocycles. The van der Waals surface area contributed by atoms with Crippen molar-refractivity contribution in [2.75, 3.05) is 23.1 Å². The van der Waals surface area contributed by atoms with Crippen LogP contribution >= 0.6 is 0 Å². The molecule has 0 atom stereocenters. The maximum absolute atomic E-state index is 13.5. The Morgan fingerprint density at radius 3 is 1.88 bits per heavy atom. The number of rotatable bonds is 14. The second-order valence-electron chi connectivity index (χ2n) is 18.9. The molecule has 8 N–H and O–H groups in total. The van der Waals surface area contributed by atoms with Crippen molar-refractivity contribution >= 4 is 75.8 Å². The molecule has 1 aliphatic heterocycles. The monoisotopic (exact) mass is 1060 g/mol. The Labute approximate surface area is 425 Å². The minimum absolute atomic E-state index is 0.0239. The van der Waals surface area contributed by atoms with E-state index in [0.29, 0.717) is 56.6 Å². The Morgan fingerprint density at radius 2 is 1.26 bits per heavy atom. The van der Waals surface area contributed by atoms with Crippen LogP contribution in [0.4, 0.5) is 33.2 Å². The van der Waals surface area contributed by atoms with E-state index in [2.05, 4.69) is 33.2 Å². The number of fused-ring (bicyclic) bond motifs is 2. The minimum atomic E-state index is -5.17. The van der Waals surface area contributed by atoms with Crippen molar-refractivity contribution in [2.45, 2.75) is 126 Å². The highest BCUT2D eigenvalue weighted by molar-refractivity contribution is 7.86. The van der Waals surface area contributed by atoms with E-state index in [-0.39, 0.29) is 56.5 Å². The van der Waals surface area contributed by atoms with E-state index >= 15 is 0 Å². The third kappa shape index (κ3) is 11.4. The van der Waals surface area contributed by atoms with Gasteiger partial charge in [-0.25, -0.2) is 9.79 Å². The molecule has 4 aliphatic rings. The molecule has 21 heteroatoms. The van der Waals surface area contributed by atoms with Crippen LogP contribution in [0, 0.1) is 34.6 Å². The summed E-state index contributed by atoms with van der Waals surface area (Å²) in [5, 5.41) is 15.5. The average molecular weight is 1060 g/mol. The van der Waals surface area contributed by atoms with Crippen molar-refractivity contribution in [2.24, 2.45) is 4.99 Å². The van der Waals surface area contributed by atoms with Crippen molar-refractivity contribution in [3.05, 3.63) is 106 Å². The largest absolute Gasteiger partial charge is 0.495 e. The lowest BCUT2D eigenvalue weighted by Crippen LogP contribution is -2.39. The molecule has 18 nitrogen and oxygen atoms in total. The molecular weight excluding hydrogens is 997 g/mol. The van der Waals surface area contributed by atoms with E-state index in [4.69, 9.17) is 14.1 Å². The molecule has 2 fully saturated rings. The van der Waals surface area contributed by atoms with Crippen LogP contribution in [-0.4, -0.2) is 64.1 Å². The zero-order valence-electron chi connectivity index (χ0n) is 41.4. The summed E-state index contributed by atoms with van der Waals surface area (Å²) in [5.41, 5.74) is 3.82. The lowest BCUT2D eigenvalue weighted by atomic mass is 9.93. The van der Waals surface area contributed by atoms with Crippen LogP contribution in [0.3, 0.4) is 0 Å². The molecule has 388 valence electrons. The summed E-state index contributed by atoms with van der Waals surface area (Å²) in [7, 11) is -13.8. The predicted octanol–water partition coefficient (Wildman–Crippen LogP) is 10.7. The first-order valence-electron chi connectivity index (χ1n) is 23.9. The molecule has 8 rings (SSSR count). The van der Waals surface area contributed by atoms with Crippen LogP contribution < -0.4 is 36.7 Å². The fourth-order valence-electron chi connectivity index (χ4n) is 10.2. The van der Waals surface area contributed by atoms with Gasteiger partial charge in [0.05, 0.1) is 41.0 Å². The number of aryl methyl sites for hydroxylation is 3. The minimum Gasteiger partial charge on any atom is -0.495 e. The first-order chi connectivity index (χ1) is 34.4. The van der Waals surface area contributed by atoms with Gasteiger partial charge >= 0.3 is 6.03 Å². The summed E-state index contributed by atoms with van der Waals surface area (Å²) >= 11 is 0. The molecule has 2 saturated carbocycles. The Kier molecular flexibility index (Phi) is 15.0. The van der Waals surface area contributed by atoms with Gasteiger partial charge in [-0.1, -0.05) is 69.4 Å². The maximum atomic E-state index is 13.5. The number of carbonyl (C=O) groups is 1. The number of anilines is 4. The third-order valence-electron chi connectivity index (χ3n) is 13.7. The molecule has 0 saturated heterocycles. The first-order valence-corrected chi connectivity index (χ1v) is 28.3. The molecule has 0 spiro atoms. The van der Waals surface area contributed by atoms with Gasteiger partial charge in [-0.15, -0.1) is 0 Å². The van der Waals surface area contributed by atoms with Crippen molar-refractivity contribution in [3.8, 4) is 28.2 Å². The van der Waals surface area contributed by atoms with Gasteiger partial charge in [0.1, 0.15) is 31.8 Å². The Morgan fingerprint density at radius 1 is 0.658 bits per heavy atom. The smallest absolute Gasteiger partial charge is 0.319 e. The number of hydrogen-bond donors (Lipinski definition) is 8. The van der Waals surface area contributed by atoms with Crippen LogP contribution in [0.5, 0.6) is 5.75 Å².